The van der Waals surface area contributed by atoms with Crippen LogP contribution in [0.4, 0.5) is 4.39 Å². The van der Waals surface area contributed by atoms with Crippen molar-refractivity contribution in [1.82, 2.24) is 14.9 Å². The Morgan fingerprint density at radius 3 is 2.56 bits per heavy atom. The van der Waals surface area contributed by atoms with Crippen LogP contribution in [0.1, 0.15) is 62.7 Å². The van der Waals surface area contributed by atoms with Crippen molar-refractivity contribution in [2.75, 3.05) is 13.1 Å². The zero-order chi connectivity index (χ0) is 19.2. The first-order valence-corrected chi connectivity index (χ1v) is 9.88. The standard InChI is InChI=1S/C22H28FN3O/c1-21(2,3)20-24-18-16(19(27)25-20)8-9-22(18)10-12-26(13-11-22)14-15-6-4-5-7-17(15)23/h4-7H,8-14H2,1-3H3,(H,24,25,27). The van der Waals surface area contributed by atoms with E-state index in [-0.39, 0.29) is 22.2 Å². The Hall–Kier alpha value is -2.01. The van der Waals surface area contributed by atoms with Gasteiger partial charge in [-0.15, -0.1) is 0 Å². The number of fused-ring (bicyclic) bond motifs is 2. The van der Waals surface area contributed by atoms with Crippen LogP contribution in [0.15, 0.2) is 29.1 Å². The fourth-order valence-electron chi connectivity index (χ4n) is 4.50. The predicted octanol–water partition coefficient (Wildman–Crippen LogP) is 3.69. The molecular formula is C22H28FN3O. The molecule has 2 heterocycles. The number of nitrogens with one attached hydrogen (secondary N) is 1. The van der Waals surface area contributed by atoms with Crippen molar-refractivity contribution in [3.63, 3.8) is 0 Å². The van der Waals surface area contributed by atoms with Crippen molar-refractivity contribution in [3.8, 4) is 0 Å². The summed E-state index contributed by atoms with van der Waals surface area (Å²) in [5.74, 6) is 0.647. The second-order valence-electron chi connectivity index (χ2n) is 9.14. The van der Waals surface area contributed by atoms with Crippen LogP contribution in [0.5, 0.6) is 0 Å². The van der Waals surface area contributed by atoms with Crippen LogP contribution in [-0.4, -0.2) is 28.0 Å². The summed E-state index contributed by atoms with van der Waals surface area (Å²) in [5, 5.41) is 0. The summed E-state index contributed by atoms with van der Waals surface area (Å²) in [6, 6.07) is 7.01. The number of likely N-dealkylation sites (tertiary alicyclic amines) is 1. The summed E-state index contributed by atoms with van der Waals surface area (Å²) >= 11 is 0. The van der Waals surface area contributed by atoms with Crippen molar-refractivity contribution in [1.29, 1.82) is 0 Å². The molecule has 2 aliphatic rings. The van der Waals surface area contributed by atoms with E-state index in [9.17, 15) is 9.18 Å². The summed E-state index contributed by atoms with van der Waals surface area (Å²) in [5.41, 5.74) is 2.53. The lowest BCUT2D eigenvalue weighted by Gasteiger charge is -2.39. The van der Waals surface area contributed by atoms with Gasteiger partial charge in [0.1, 0.15) is 11.6 Å². The average molecular weight is 369 g/mol. The minimum Gasteiger partial charge on any atom is -0.310 e. The van der Waals surface area contributed by atoms with Gasteiger partial charge in [-0.05, 0) is 44.8 Å². The lowest BCUT2D eigenvalue weighted by atomic mass is 9.76. The fraction of sp³-hybridized carbons (Fsp3) is 0.545. The number of rotatable bonds is 2. The molecule has 1 aromatic carbocycles. The molecule has 1 aliphatic carbocycles. The van der Waals surface area contributed by atoms with Crippen LogP contribution in [0.2, 0.25) is 0 Å². The molecule has 1 aliphatic heterocycles. The van der Waals surface area contributed by atoms with Crippen molar-refractivity contribution in [3.05, 3.63) is 63.1 Å². The molecule has 0 unspecified atom stereocenters. The fourth-order valence-corrected chi connectivity index (χ4v) is 4.50. The molecule has 27 heavy (non-hydrogen) atoms. The van der Waals surface area contributed by atoms with Crippen LogP contribution in [0, 0.1) is 5.82 Å². The Balaban J connectivity index is 1.56. The Morgan fingerprint density at radius 1 is 1.19 bits per heavy atom. The van der Waals surface area contributed by atoms with Gasteiger partial charge in [0.05, 0.1) is 5.69 Å². The minimum absolute atomic E-state index is 0.00925. The first-order valence-electron chi connectivity index (χ1n) is 9.88. The van der Waals surface area contributed by atoms with Crippen LogP contribution in [-0.2, 0) is 23.8 Å². The van der Waals surface area contributed by atoms with E-state index in [0.717, 1.165) is 61.4 Å². The SMILES string of the molecule is CC(C)(C)c1nc2c(c(=O)[nH]1)CCC21CCN(Cc2ccccc2F)CC1. The molecule has 1 aromatic heterocycles. The van der Waals surface area contributed by atoms with Gasteiger partial charge in [-0.3, -0.25) is 9.69 Å². The van der Waals surface area contributed by atoms with E-state index < -0.39 is 0 Å². The molecule has 0 bridgehead atoms. The summed E-state index contributed by atoms with van der Waals surface area (Å²) in [6.07, 6.45) is 3.78. The molecule has 0 atom stereocenters. The largest absolute Gasteiger partial charge is 0.310 e. The zero-order valence-corrected chi connectivity index (χ0v) is 16.4. The summed E-state index contributed by atoms with van der Waals surface area (Å²) in [6.45, 7) is 8.70. The van der Waals surface area contributed by atoms with E-state index in [1.54, 1.807) is 6.07 Å². The number of piperidine rings is 1. The van der Waals surface area contributed by atoms with Crippen LogP contribution < -0.4 is 5.56 Å². The molecule has 4 rings (SSSR count). The minimum atomic E-state index is -0.177. The second-order valence-corrected chi connectivity index (χ2v) is 9.14. The summed E-state index contributed by atoms with van der Waals surface area (Å²) < 4.78 is 14.0. The van der Waals surface area contributed by atoms with Gasteiger partial charge in [0.25, 0.3) is 5.56 Å². The molecule has 1 fully saturated rings. The maximum atomic E-state index is 14.0. The molecule has 1 spiro atoms. The molecule has 2 aromatic rings. The van der Waals surface area contributed by atoms with E-state index in [4.69, 9.17) is 4.98 Å². The molecule has 144 valence electrons. The monoisotopic (exact) mass is 369 g/mol. The van der Waals surface area contributed by atoms with Crippen molar-refractivity contribution in [2.24, 2.45) is 0 Å². The van der Waals surface area contributed by atoms with Gasteiger partial charge in [-0.1, -0.05) is 39.0 Å². The second kappa shape index (κ2) is 6.55. The quantitative estimate of drug-likeness (QED) is 0.878. The first kappa shape index (κ1) is 18.4. The Bertz CT molecular complexity index is 905. The van der Waals surface area contributed by atoms with Crippen LogP contribution >= 0.6 is 0 Å². The number of H-pyrrole nitrogens is 1. The van der Waals surface area contributed by atoms with Gasteiger partial charge in [0.15, 0.2) is 0 Å². The number of nitrogens with zero attached hydrogens (tertiary/aromatic N) is 2. The molecule has 0 amide bonds. The van der Waals surface area contributed by atoms with Gasteiger partial charge in [0.2, 0.25) is 0 Å². The number of benzene rings is 1. The normalized spacial score (nSPS) is 19.4. The van der Waals surface area contributed by atoms with Gasteiger partial charge < -0.3 is 4.98 Å². The molecule has 0 radical (unpaired) electrons. The molecule has 4 nitrogen and oxygen atoms in total. The lowest BCUT2D eigenvalue weighted by Crippen LogP contribution is -2.42. The molecule has 1 saturated heterocycles. The van der Waals surface area contributed by atoms with E-state index in [1.807, 2.05) is 12.1 Å². The van der Waals surface area contributed by atoms with E-state index in [0.29, 0.717) is 6.54 Å². The van der Waals surface area contributed by atoms with Crippen molar-refractivity contribution >= 4 is 0 Å². The number of halogens is 1. The van der Waals surface area contributed by atoms with Crippen LogP contribution in [0.3, 0.4) is 0 Å². The van der Waals surface area contributed by atoms with Crippen LogP contribution in [0.25, 0.3) is 0 Å². The van der Waals surface area contributed by atoms with E-state index >= 15 is 0 Å². The highest BCUT2D eigenvalue weighted by Gasteiger charge is 2.44. The maximum Gasteiger partial charge on any atom is 0.254 e. The third-order valence-corrected chi connectivity index (χ3v) is 6.25. The highest BCUT2D eigenvalue weighted by molar-refractivity contribution is 5.34. The van der Waals surface area contributed by atoms with Gasteiger partial charge in [0, 0.05) is 28.5 Å². The van der Waals surface area contributed by atoms with Gasteiger partial charge >= 0.3 is 0 Å². The maximum absolute atomic E-state index is 14.0. The topological polar surface area (TPSA) is 49.0 Å². The summed E-state index contributed by atoms with van der Waals surface area (Å²) in [4.78, 5) is 22.9. The van der Waals surface area contributed by atoms with Crippen molar-refractivity contribution < 1.29 is 4.39 Å². The Labute approximate surface area is 159 Å². The highest BCUT2D eigenvalue weighted by atomic mass is 19.1. The highest BCUT2D eigenvalue weighted by Crippen LogP contribution is 2.44. The average Bonchev–Trinajstić information content (AvgIpc) is 2.97. The van der Waals surface area contributed by atoms with Gasteiger partial charge in [-0.25, -0.2) is 9.37 Å². The molecule has 5 heteroatoms. The molecule has 0 saturated carbocycles. The van der Waals surface area contributed by atoms with E-state index in [1.165, 1.54) is 6.07 Å². The Morgan fingerprint density at radius 2 is 1.89 bits per heavy atom. The zero-order valence-electron chi connectivity index (χ0n) is 16.4. The van der Waals surface area contributed by atoms with Gasteiger partial charge in [-0.2, -0.15) is 0 Å². The predicted molar refractivity (Wildman–Crippen MR) is 104 cm³/mol. The molecular weight excluding hydrogens is 341 g/mol. The smallest absolute Gasteiger partial charge is 0.254 e. The third-order valence-electron chi connectivity index (χ3n) is 6.25. The number of hydrogen-bond acceptors (Lipinski definition) is 3. The lowest BCUT2D eigenvalue weighted by molar-refractivity contribution is 0.148. The van der Waals surface area contributed by atoms with Crippen molar-refractivity contribution in [2.45, 2.75) is 63.8 Å². The first-order chi connectivity index (χ1) is 12.8. The summed E-state index contributed by atoms with van der Waals surface area (Å²) in [7, 11) is 0. The number of hydrogen-bond donors (Lipinski definition) is 1. The Kier molecular flexibility index (Phi) is 4.46. The third kappa shape index (κ3) is 3.33. The number of aromatic nitrogens is 2. The van der Waals surface area contributed by atoms with E-state index in [2.05, 4.69) is 30.7 Å². The number of aromatic amines is 1. The molecule has 1 N–H and O–H groups in total.